The fraction of sp³-hybridized carbons (Fsp3) is 0.318. The summed E-state index contributed by atoms with van der Waals surface area (Å²) in [6, 6.07) is 10.2. The Hall–Kier alpha value is -2.54. The topological polar surface area (TPSA) is 63.2 Å². The first-order valence-electron chi connectivity index (χ1n) is 9.29. The van der Waals surface area contributed by atoms with E-state index in [1.165, 1.54) is 24.3 Å². The maximum Gasteiger partial charge on any atom is 0.168 e. The maximum atomic E-state index is 14.4. The predicted molar refractivity (Wildman–Crippen MR) is 112 cm³/mol. The first-order valence-corrected chi connectivity index (χ1v) is 11.2. The number of carbonyl (C=O) groups is 1. The van der Waals surface area contributed by atoms with E-state index in [0.29, 0.717) is 17.7 Å². The van der Waals surface area contributed by atoms with Crippen LogP contribution in [-0.4, -0.2) is 20.5 Å². The van der Waals surface area contributed by atoms with E-state index in [1.54, 1.807) is 38.1 Å². The summed E-state index contributed by atoms with van der Waals surface area (Å²) in [6.45, 7) is 3.56. The minimum atomic E-state index is -3.21. The quantitative estimate of drug-likeness (QED) is 0.559. The maximum absolute atomic E-state index is 14.4. The number of benzene rings is 2. The number of hydrogen-bond acceptors (Lipinski definition) is 4. The van der Waals surface area contributed by atoms with Crippen LogP contribution >= 0.6 is 0 Å². The van der Waals surface area contributed by atoms with Gasteiger partial charge < -0.3 is 5.32 Å². The molecule has 0 spiro atoms. The molecule has 2 aromatic rings. The van der Waals surface area contributed by atoms with Crippen molar-refractivity contribution in [3.63, 3.8) is 0 Å². The monoisotopic (exact) mass is 421 g/mol. The molecule has 156 valence electrons. The van der Waals surface area contributed by atoms with Crippen LogP contribution in [0.5, 0.6) is 0 Å². The smallest absolute Gasteiger partial charge is 0.168 e. The molecule has 0 saturated carbocycles. The predicted octanol–water partition coefficient (Wildman–Crippen LogP) is 5.30. The molecule has 0 heterocycles. The van der Waals surface area contributed by atoms with Gasteiger partial charge in [0.15, 0.2) is 15.6 Å². The van der Waals surface area contributed by atoms with Crippen LogP contribution in [-0.2, 0) is 9.84 Å². The number of allylic oxidation sites excluding steroid dienone is 1. The van der Waals surface area contributed by atoms with Crippen molar-refractivity contribution < 1.29 is 22.0 Å². The second-order valence-electron chi connectivity index (χ2n) is 7.18. The standard InChI is InChI=1S/C22H25F2NO3S/c1-15(12-13-29(3,27)28)8-11-22(26)19-10-9-17(14-21(19)24)25-16(2)18-6-4-5-7-20(18)23/h4-7,9-10,12-16,25H,8,11H2,1-3H3/b13-12+/t15-,16-/m0/s1. The molecule has 2 atom stereocenters. The summed E-state index contributed by atoms with van der Waals surface area (Å²) >= 11 is 0. The van der Waals surface area contributed by atoms with Gasteiger partial charge >= 0.3 is 0 Å². The van der Waals surface area contributed by atoms with E-state index in [0.717, 1.165) is 11.7 Å². The van der Waals surface area contributed by atoms with Gasteiger partial charge in [-0.25, -0.2) is 17.2 Å². The Bertz CT molecular complexity index is 1000. The lowest BCUT2D eigenvalue weighted by Gasteiger charge is -2.17. The number of carbonyl (C=O) groups excluding carboxylic acids is 1. The normalized spacial score (nSPS) is 14.0. The third kappa shape index (κ3) is 7.09. The molecule has 0 unspecified atom stereocenters. The van der Waals surface area contributed by atoms with E-state index in [1.807, 2.05) is 0 Å². The van der Waals surface area contributed by atoms with Crippen LogP contribution in [0.1, 0.15) is 48.7 Å². The zero-order valence-electron chi connectivity index (χ0n) is 16.7. The fourth-order valence-corrected chi connectivity index (χ4v) is 3.41. The van der Waals surface area contributed by atoms with Crippen LogP contribution in [0.3, 0.4) is 0 Å². The van der Waals surface area contributed by atoms with Crippen molar-refractivity contribution in [1.29, 1.82) is 0 Å². The van der Waals surface area contributed by atoms with Crippen molar-refractivity contribution in [2.24, 2.45) is 5.92 Å². The van der Waals surface area contributed by atoms with Gasteiger partial charge in [-0.3, -0.25) is 4.79 Å². The summed E-state index contributed by atoms with van der Waals surface area (Å²) in [5.41, 5.74) is 0.886. The third-order valence-corrected chi connectivity index (χ3v) is 5.16. The number of Topliss-reactive ketones (excluding diaryl/α,β-unsaturated/α-hetero) is 1. The number of rotatable bonds is 9. The minimum absolute atomic E-state index is 0.0200. The Labute approximate surface area is 170 Å². The zero-order valence-corrected chi connectivity index (χ0v) is 17.5. The van der Waals surface area contributed by atoms with Gasteiger partial charge in [0.1, 0.15) is 11.6 Å². The molecule has 0 aromatic heterocycles. The van der Waals surface area contributed by atoms with E-state index < -0.39 is 15.7 Å². The molecule has 2 rings (SSSR count). The van der Waals surface area contributed by atoms with Crippen LogP contribution in [0.15, 0.2) is 53.9 Å². The molecule has 0 aliphatic heterocycles. The molecule has 0 aliphatic rings. The largest absolute Gasteiger partial charge is 0.378 e. The Morgan fingerprint density at radius 2 is 1.79 bits per heavy atom. The minimum Gasteiger partial charge on any atom is -0.378 e. The van der Waals surface area contributed by atoms with Crippen molar-refractivity contribution in [3.8, 4) is 0 Å². The summed E-state index contributed by atoms with van der Waals surface area (Å²) in [5, 5.41) is 4.14. The summed E-state index contributed by atoms with van der Waals surface area (Å²) in [5.74, 6) is -1.48. The molecular weight excluding hydrogens is 396 g/mol. The van der Waals surface area contributed by atoms with E-state index in [2.05, 4.69) is 5.32 Å². The molecule has 29 heavy (non-hydrogen) atoms. The van der Waals surface area contributed by atoms with Crippen molar-refractivity contribution in [1.82, 2.24) is 0 Å². The second kappa shape index (κ2) is 9.78. The number of hydrogen-bond donors (Lipinski definition) is 1. The Kier molecular flexibility index (Phi) is 7.67. The fourth-order valence-electron chi connectivity index (χ4n) is 2.85. The van der Waals surface area contributed by atoms with Gasteiger partial charge in [0.05, 0.1) is 11.6 Å². The van der Waals surface area contributed by atoms with Crippen molar-refractivity contribution >= 4 is 21.3 Å². The molecule has 2 aromatic carbocycles. The highest BCUT2D eigenvalue weighted by molar-refractivity contribution is 7.93. The summed E-state index contributed by atoms with van der Waals surface area (Å²) < 4.78 is 50.6. The Morgan fingerprint density at radius 3 is 2.41 bits per heavy atom. The van der Waals surface area contributed by atoms with Gasteiger partial charge in [0.2, 0.25) is 0 Å². The average molecular weight is 422 g/mol. The van der Waals surface area contributed by atoms with Crippen LogP contribution < -0.4 is 5.32 Å². The van der Waals surface area contributed by atoms with Crippen molar-refractivity contribution in [2.45, 2.75) is 32.7 Å². The lowest BCUT2D eigenvalue weighted by Crippen LogP contribution is -2.10. The molecule has 1 N–H and O–H groups in total. The lowest BCUT2D eigenvalue weighted by molar-refractivity contribution is 0.0973. The molecule has 0 radical (unpaired) electrons. The third-order valence-electron chi connectivity index (χ3n) is 4.51. The number of halogens is 2. The van der Waals surface area contributed by atoms with E-state index in [-0.39, 0.29) is 35.5 Å². The van der Waals surface area contributed by atoms with Crippen LogP contribution in [0.25, 0.3) is 0 Å². The Morgan fingerprint density at radius 1 is 1.10 bits per heavy atom. The van der Waals surface area contributed by atoms with E-state index in [4.69, 9.17) is 0 Å². The highest BCUT2D eigenvalue weighted by atomic mass is 32.2. The number of ketones is 1. The number of sulfone groups is 1. The zero-order chi connectivity index (χ0) is 21.6. The SMILES string of the molecule is C[C@H](/C=C/S(C)(=O)=O)CCC(=O)c1ccc(N[C@@H](C)c2ccccc2F)cc1F. The van der Waals surface area contributed by atoms with Crippen molar-refractivity contribution in [3.05, 3.63) is 76.7 Å². The highest BCUT2D eigenvalue weighted by Gasteiger charge is 2.15. The van der Waals surface area contributed by atoms with Gasteiger partial charge in [-0.15, -0.1) is 0 Å². The summed E-state index contributed by atoms with van der Waals surface area (Å²) in [6.07, 6.45) is 3.13. The van der Waals surface area contributed by atoms with Gasteiger partial charge in [0, 0.05) is 29.3 Å². The van der Waals surface area contributed by atoms with Gasteiger partial charge in [-0.2, -0.15) is 0 Å². The summed E-state index contributed by atoms with van der Waals surface area (Å²) in [4.78, 5) is 12.3. The molecule has 0 amide bonds. The second-order valence-corrected chi connectivity index (χ2v) is 9.11. The van der Waals surface area contributed by atoms with Crippen LogP contribution in [0.4, 0.5) is 14.5 Å². The van der Waals surface area contributed by atoms with Gasteiger partial charge in [-0.1, -0.05) is 31.2 Å². The van der Waals surface area contributed by atoms with Crippen LogP contribution in [0, 0.1) is 17.6 Å². The van der Waals surface area contributed by atoms with E-state index in [9.17, 15) is 22.0 Å². The first kappa shape index (κ1) is 22.7. The van der Waals surface area contributed by atoms with Gasteiger partial charge in [0.25, 0.3) is 0 Å². The van der Waals surface area contributed by atoms with Crippen molar-refractivity contribution in [2.75, 3.05) is 11.6 Å². The van der Waals surface area contributed by atoms with E-state index >= 15 is 0 Å². The number of nitrogens with one attached hydrogen (secondary N) is 1. The molecule has 7 heteroatoms. The molecule has 0 saturated heterocycles. The molecule has 0 fully saturated rings. The molecular formula is C22H25F2NO3S. The molecule has 0 aliphatic carbocycles. The summed E-state index contributed by atoms with van der Waals surface area (Å²) in [7, 11) is -3.21. The molecule has 4 nitrogen and oxygen atoms in total. The highest BCUT2D eigenvalue weighted by Crippen LogP contribution is 2.24. The van der Waals surface area contributed by atoms with Gasteiger partial charge in [-0.05, 0) is 43.5 Å². The first-order chi connectivity index (χ1) is 13.6. The lowest BCUT2D eigenvalue weighted by atomic mass is 9.99. The Balaban J connectivity index is 2.00. The number of anilines is 1. The molecule has 0 bridgehead atoms. The van der Waals surface area contributed by atoms with Crippen LogP contribution in [0.2, 0.25) is 0 Å². The average Bonchev–Trinajstić information content (AvgIpc) is 2.64.